The Hall–Kier alpha value is -3.28. The summed E-state index contributed by atoms with van der Waals surface area (Å²) in [6, 6.07) is 3.46. The molecule has 3 amide bonds. The van der Waals surface area contributed by atoms with Crippen molar-refractivity contribution in [2.24, 2.45) is 0 Å². The van der Waals surface area contributed by atoms with Crippen molar-refractivity contribution in [3.63, 3.8) is 0 Å². The van der Waals surface area contributed by atoms with Gasteiger partial charge in [0.2, 0.25) is 5.82 Å². The van der Waals surface area contributed by atoms with E-state index in [1.54, 1.807) is 11.5 Å². The summed E-state index contributed by atoms with van der Waals surface area (Å²) >= 11 is 0. The third-order valence-electron chi connectivity index (χ3n) is 3.97. The van der Waals surface area contributed by atoms with Gasteiger partial charge in [-0.3, -0.25) is 10.1 Å². The minimum Gasteiger partial charge on any atom is -0.406 e. The van der Waals surface area contributed by atoms with Crippen LogP contribution in [0, 0.1) is 0 Å². The number of aliphatic hydroxyl groups excluding tert-OH is 1. The van der Waals surface area contributed by atoms with Crippen LogP contribution in [-0.2, 0) is 6.54 Å². The number of hydrogen-bond donors (Lipinski definition) is 4. The van der Waals surface area contributed by atoms with Crippen LogP contribution in [0.4, 0.5) is 29.5 Å². The number of imidazole rings is 1. The van der Waals surface area contributed by atoms with Crippen LogP contribution in [0.3, 0.4) is 0 Å². The number of unbranched alkanes of at least 4 members (excludes halogenated alkanes) is 1. The third kappa shape index (κ3) is 7.81. The zero-order valence-corrected chi connectivity index (χ0v) is 17.0. The Morgan fingerprint density at radius 1 is 1.23 bits per heavy atom. The number of carbonyl (C=O) groups excluding carboxylic acids is 2. The molecule has 1 atom stereocenters. The minimum absolute atomic E-state index is 0.0812. The van der Waals surface area contributed by atoms with Gasteiger partial charge in [0.15, 0.2) is 5.82 Å². The number of anilines is 2. The van der Waals surface area contributed by atoms with E-state index in [0.29, 0.717) is 6.54 Å². The van der Waals surface area contributed by atoms with Crippen molar-refractivity contribution in [3.8, 4) is 5.75 Å². The summed E-state index contributed by atoms with van der Waals surface area (Å²) < 4.78 is 42.0. The molecule has 0 spiro atoms. The van der Waals surface area contributed by atoms with E-state index in [2.05, 4.69) is 25.7 Å². The average Bonchev–Trinajstić information content (AvgIpc) is 3.09. The van der Waals surface area contributed by atoms with Gasteiger partial charge in [-0.25, -0.2) is 9.78 Å². The predicted octanol–water partition coefficient (Wildman–Crippen LogP) is 3.34. The molecule has 2 rings (SSSR count). The maximum atomic E-state index is 12.4. The molecular formula is C19H24F3N5O4. The second-order valence-corrected chi connectivity index (χ2v) is 6.71. The number of alkyl halides is 3. The van der Waals surface area contributed by atoms with E-state index >= 15 is 0 Å². The van der Waals surface area contributed by atoms with Gasteiger partial charge in [0.1, 0.15) is 5.75 Å². The van der Waals surface area contributed by atoms with Crippen molar-refractivity contribution >= 4 is 23.4 Å². The molecule has 4 N–H and O–H groups in total. The zero-order valence-electron chi connectivity index (χ0n) is 17.0. The van der Waals surface area contributed by atoms with Gasteiger partial charge in [-0.1, -0.05) is 13.3 Å². The Morgan fingerprint density at radius 2 is 1.90 bits per heavy atom. The Labute approximate surface area is 176 Å². The minimum atomic E-state index is -4.80. The van der Waals surface area contributed by atoms with Gasteiger partial charge in [-0.15, -0.1) is 13.2 Å². The monoisotopic (exact) mass is 443 g/mol. The second kappa shape index (κ2) is 10.7. The molecule has 0 radical (unpaired) electrons. The number of urea groups is 1. The smallest absolute Gasteiger partial charge is 0.406 e. The van der Waals surface area contributed by atoms with Crippen molar-refractivity contribution in [1.82, 2.24) is 14.9 Å². The average molecular weight is 443 g/mol. The molecule has 0 saturated carbocycles. The number of aliphatic hydroxyl groups is 1. The molecule has 12 heteroatoms. The lowest BCUT2D eigenvalue weighted by Gasteiger charge is -2.11. The number of hydrogen-bond acceptors (Lipinski definition) is 5. The lowest BCUT2D eigenvalue weighted by Crippen LogP contribution is -2.36. The molecule has 1 aromatic carbocycles. The van der Waals surface area contributed by atoms with Crippen LogP contribution in [0.15, 0.2) is 30.5 Å². The lowest BCUT2D eigenvalue weighted by atomic mass is 10.3. The van der Waals surface area contributed by atoms with Gasteiger partial charge in [0.05, 0.1) is 6.61 Å². The molecule has 0 saturated heterocycles. The van der Waals surface area contributed by atoms with E-state index in [1.807, 2.05) is 6.92 Å². The fourth-order valence-electron chi connectivity index (χ4n) is 2.51. The molecule has 31 heavy (non-hydrogen) atoms. The first kappa shape index (κ1) is 24.0. The largest absolute Gasteiger partial charge is 0.573 e. The summed E-state index contributed by atoms with van der Waals surface area (Å²) in [7, 11) is 0. The highest BCUT2D eigenvalue weighted by atomic mass is 19.4. The van der Waals surface area contributed by atoms with E-state index in [4.69, 9.17) is 5.11 Å². The Morgan fingerprint density at radius 3 is 2.48 bits per heavy atom. The third-order valence-corrected chi connectivity index (χ3v) is 3.97. The van der Waals surface area contributed by atoms with Gasteiger partial charge < -0.3 is 25.0 Å². The van der Waals surface area contributed by atoms with Crippen LogP contribution in [0.5, 0.6) is 5.75 Å². The van der Waals surface area contributed by atoms with Crippen LogP contribution in [0.1, 0.15) is 37.3 Å². The first-order chi connectivity index (χ1) is 14.6. The molecule has 1 aromatic heterocycles. The van der Waals surface area contributed by atoms with Crippen molar-refractivity contribution in [3.05, 3.63) is 36.3 Å². The highest BCUT2D eigenvalue weighted by Gasteiger charge is 2.31. The summed E-state index contributed by atoms with van der Waals surface area (Å²) in [5, 5.41) is 16.6. The summed E-state index contributed by atoms with van der Waals surface area (Å²) in [4.78, 5) is 28.7. The topological polar surface area (TPSA) is 118 Å². The fourth-order valence-corrected chi connectivity index (χ4v) is 2.51. The molecular weight excluding hydrogens is 419 g/mol. The van der Waals surface area contributed by atoms with E-state index < -0.39 is 30.1 Å². The van der Waals surface area contributed by atoms with Crippen molar-refractivity contribution in [1.29, 1.82) is 0 Å². The first-order valence-corrected chi connectivity index (χ1v) is 9.54. The number of halogens is 3. The molecule has 1 heterocycles. The highest BCUT2D eigenvalue weighted by Crippen LogP contribution is 2.24. The number of ether oxygens (including phenoxy) is 1. The standard InChI is InChI=1S/C19H24F3N5O4/c1-3-4-9-27-10-15(25-16(27)17(29)23-12(2)11-28)26-18(30)24-13-5-7-14(8-6-13)31-19(20,21)22/h5-8,10,12,28H,3-4,9,11H2,1-2H3,(H,23,29)(H2,24,26,30). The molecule has 0 aliphatic heterocycles. The lowest BCUT2D eigenvalue weighted by molar-refractivity contribution is -0.274. The van der Waals surface area contributed by atoms with Crippen LogP contribution in [-0.4, -0.2) is 45.6 Å². The van der Waals surface area contributed by atoms with Gasteiger partial charge >= 0.3 is 12.4 Å². The number of amides is 3. The summed E-state index contributed by atoms with van der Waals surface area (Å²) in [5.74, 6) is -0.711. The first-order valence-electron chi connectivity index (χ1n) is 9.54. The number of rotatable bonds is 9. The molecule has 1 unspecified atom stereocenters. The van der Waals surface area contributed by atoms with E-state index in [9.17, 15) is 22.8 Å². The van der Waals surface area contributed by atoms with E-state index in [1.165, 1.54) is 18.3 Å². The predicted molar refractivity (Wildman–Crippen MR) is 107 cm³/mol. The van der Waals surface area contributed by atoms with E-state index in [0.717, 1.165) is 25.0 Å². The molecule has 0 bridgehead atoms. The Bertz CT molecular complexity index is 884. The molecule has 9 nitrogen and oxygen atoms in total. The zero-order chi connectivity index (χ0) is 23.0. The molecule has 2 aromatic rings. The summed E-state index contributed by atoms with van der Waals surface area (Å²) in [6.45, 7) is 3.89. The van der Waals surface area contributed by atoms with Gasteiger partial charge in [-0.2, -0.15) is 0 Å². The summed E-state index contributed by atoms with van der Waals surface area (Å²) in [5.41, 5.74) is 0.229. The van der Waals surface area contributed by atoms with Crippen LogP contribution >= 0.6 is 0 Å². The number of nitrogens with zero attached hydrogens (tertiary/aromatic N) is 2. The van der Waals surface area contributed by atoms with Crippen LogP contribution in [0.2, 0.25) is 0 Å². The highest BCUT2D eigenvalue weighted by molar-refractivity contribution is 5.99. The molecule has 0 aliphatic carbocycles. The maximum Gasteiger partial charge on any atom is 0.573 e. The van der Waals surface area contributed by atoms with Gasteiger partial charge in [-0.05, 0) is 37.6 Å². The normalized spacial score (nSPS) is 12.2. The SMILES string of the molecule is CCCCn1cc(NC(=O)Nc2ccc(OC(F)(F)F)cc2)nc1C(=O)NC(C)CO. The maximum absolute atomic E-state index is 12.4. The quantitative estimate of drug-likeness (QED) is 0.474. The van der Waals surface area contributed by atoms with Crippen molar-refractivity contribution < 1.29 is 32.6 Å². The van der Waals surface area contributed by atoms with Crippen LogP contribution < -0.4 is 20.7 Å². The van der Waals surface area contributed by atoms with Crippen molar-refractivity contribution in [2.45, 2.75) is 45.6 Å². The van der Waals surface area contributed by atoms with E-state index in [-0.39, 0.29) is 23.9 Å². The van der Waals surface area contributed by atoms with Crippen molar-refractivity contribution in [2.75, 3.05) is 17.2 Å². The van der Waals surface area contributed by atoms with Crippen LogP contribution in [0.25, 0.3) is 0 Å². The number of aryl methyl sites for hydroxylation is 1. The Balaban J connectivity index is 2.05. The number of aromatic nitrogens is 2. The molecule has 0 fully saturated rings. The second-order valence-electron chi connectivity index (χ2n) is 6.71. The number of carbonyl (C=O) groups is 2. The fraction of sp³-hybridized carbons (Fsp3) is 0.421. The van der Waals surface area contributed by atoms with Gasteiger partial charge in [0.25, 0.3) is 5.91 Å². The van der Waals surface area contributed by atoms with Gasteiger partial charge in [0, 0.05) is 24.5 Å². The Kier molecular flexibility index (Phi) is 8.25. The molecule has 170 valence electrons. The summed E-state index contributed by atoms with van der Waals surface area (Å²) in [6.07, 6.45) is -1.64. The number of nitrogens with one attached hydrogen (secondary N) is 3. The molecule has 0 aliphatic rings. The number of benzene rings is 1.